The van der Waals surface area contributed by atoms with Crippen LogP contribution in [0.15, 0.2) is 17.2 Å². The third-order valence-corrected chi connectivity index (χ3v) is 3.60. The van der Waals surface area contributed by atoms with Crippen LogP contribution < -0.4 is 10.2 Å². The minimum Gasteiger partial charge on any atom is -0.369 e. The monoisotopic (exact) mass is 263 g/mol. The van der Waals surface area contributed by atoms with Crippen LogP contribution in [0.5, 0.6) is 0 Å². The van der Waals surface area contributed by atoms with Gasteiger partial charge < -0.3 is 10.2 Å². The molecule has 5 nitrogen and oxygen atoms in total. The first kappa shape index (κ1) is 13.1. The lowest BCUT2D eigenvalue weighted by Gasteiger charge is -2.31. The third kappa shape index (κ3) is 2.72. The molecule has 0 radical (unpaired) electrons. The fourth-order valence-electron chi connectivity index (χ4n) is 2.25. The van der Waals surface area contributed by atoms with Crippen molar-refractivity contribution in [1.82, 2.24) is 5.32 Å². The Hall–Kier alpha value is -1.36. The Balaban J connectivity index is 2.42. The zero-order valence-corrected chi connectivity index (χ0v) is 11.3. The molecule has 0 unspecified atom stereocenters. The summed E-state index contributed by atoms with van der Waals surface area (Å²) in [6.07, 6.45) is 0. The standard InChI is InChI=1S/C12H17N5S/c1-9-10(8-18)6-11(15-16-13)7-12(9)17-4-2-14-3-5-17/h6-7,14,18H,2-5,8H2,1H3. The summed E-state index contributed by atoms with van der Waals surface area (Å²) in [7, 11) is 0. The zero-order chi connectivity index (χ0) is 13.0. The molecule has 0 spiro atoms. The highest BCUT2D eigenvalue weighted by Crippen LogP contribution is 2.30. The average molecular weight is 263 g/mol. The molecular weight excluding hydrogens is 246 g/mol. The minimum atomic E-state index is 0.652. The van der Waals surface area contributed by atoms with Gasteiger partial charge in [-0.05, 0) is 35.7 Å². The lowest BCUT2D eigenvalue weighted by atomic mass is 10.1. The van der Waals surface area contributed by atoms with Gasteiger partial charge in [0.2, 0.25) is 0 Å². The summed E-state index contributed by atoms with van der Waals surface area (Å²) in [6.45, 7) is 6.03. The van der Waals surface area contributed by atoms with Crippen molar-refractivity contribution in [3.05, 3.63) is 33.7 Å². The first-order chi connectivity index (χ1) is 8.76. The van der Waals surface area contributed by atoms with Crippen LogP contribution in [0.1, 0.15) is 11.1 Å². The maximum atomic E-state index is 8.57. The first-order valence-electron chi connectivity index (χ1n) is 6.01. The third-order valence-electron chi connectivity index (χ3n) is 3.26. The van der Waals surface area contributed by atoms with Crippen molar-refractivity contribution in [2.45, 2.75) is 12.7 Å². The van der Waals surface area contributed by atoms with Crippen molar-refractivity contribution in [1.29, 1.82) is 0 Å². The zero-order valence-electron chi connectivity index (χ0n) is 10.4. The van der Waals surface area contributed by atoms with E-state index in [0.717, 1.165) is 37.4 Å². The van der Waals surface area contributed by atoms with Crippen LogP contribution in [0.3, 0.4) is 0 Å². The largest absolute Gasteiger partial charge is 0.369 e. The van der Waals surface area contributed by atoms with Crippen LogP contribution >= 0.6 is 12.6 Å². The molecule has 0 atom stereocenters. The van der Waals surface area contributed by atoms with Crippen molar-refractivity contribution in [2.24, 2.45) is 5.11 Å². The van der Waals surface area contributed by atoms with Crippen molar-refractivity contribution < 1.29 is 0 Å². The molecule has 1 aromatic carbocycles. The van der Waals surface area contributed by atoms with Crippen molar-refractivity contribution in [3.8, 4) is 0 Å². The van der Waals surface area contributed by atoms with Gasteiger partial charge in [-0.2, -0.15) is 12.6 Å². The smallest absolute Gasteiger partial charge is 0.0404 e. The van der Waals surface area contributed by atoms with Gasteiger partial charge in [0, 0.05) is 48.2 Å². The van der Waals surface area contributed by atoms with E-state index in [1.165, 1.54) is 5.56 Å². The Morgan fingerprint density at radius 1 is 1.44 bits per heavy atom. The SMILES string of the molecule is Cc1c(CS)cc(N=[N+]=[N-])cc1N1CCNCC1. The summed E-state index contributed by atoms with van der Waals surface area (Å²) in [5.74, 6) is 0.652. The number of nitrogens with one attached hydrogen (secondary N) is 1. The van der Waals surface area contributed by atoms with Gasteiger partial charge in [0.1, 0.15) is 0 Å². The second-order valence-corrected chi connectivity index (χ2v) is 4.65. The highest BCUT2D eigenvalue weighted by molar-refractivity contribution is 7.79. The Bertz CT molecular complexity index is 476. The molecule has 1 saturated heterocycles. The van der Waals surface area contributed by atoms with Gasteiger partial charge in [-0.15, -0.1) is 0 Å². The predicted molar refractivity (Wildman–Crippen MR) is 77.8 cm³/mol. The lowest BCUT2D eigenvalue weighted by Crippen LogP contribution is -2.43. The first-order valence-corrected chi connectivity index (χ1v) is 6.64. The predicted octanol–water partition coefficient (Wildman–Crippen LogP) is 2.78. The molecule has 1 N–H and O–H groups in total. The van der Waals surface area contributed by atoms with E-state index in [0.29, 0.717) is 11.4 Å². The lowest BCUT2D eigenvalue weighted by molar-refractivity contribution is 0.588. The normalized spacial score (nSPS) is 15.3. The molecule has 1 heterocycles. The summed E-state index contributed by atoms with van der Waals surface area (Å²) >= 11 is 4.34. The highest BCUT2D eigenvalue weighted by Gasteiger charge is 2.15. The van der Waals surface area contributed by atoms with E-state index in [9.17, 15) is 0 Å². The summed E-state index contributed by atoms with van der Waals surface area (Å²) in [6, 6.07) is 3.88. The van der Waals surface area contributed by atoms with Crippen LogP contribution in [0, 0.1) is 6.92 Å². The molecule has 0 aliphatic carbocycles. The quantitative estimate of drug-likeness (QED) is 0.381. The summed E-state index contributed by atoms with van der Waals surface area (Å²) < 4.78 is 0. The van der Waals surface area contributed by atoms with Crippen LogP contribution in [0.4, 0.5) is 11.4 Å². The Kier molecular flexibility index (Phi) is 4.36. The number of piperazine rings is 1. The van der Waals surface area contributed by atoms with Gasteiger partial charge in [0.15, 0.2) is 0 Å². The molecular formula is C12H17N5S. The topological polar surface area (TPSA) is 64.0 Å². The van der Waals surface area contributed by atoms with Gasteiger partial charge in [0.25, 0.3) is 0 Å². The molecule has 1 aromatic rings. The number of rotatable bonds is 3. The van der Waals surface area contributed by atoms with Crippen LogP contribution in [0.2, 0.25) is 0 Å². The van der Waals surface area contributed by atoms with Crippen molar-refractivity contribution >= 4 is 24.0 Å². The number of nitrogens with zero attached hydrogens (tertiary/aromatic N) is 4. The molecule has 18 heavy (non-hydrogen) atoms. The average Bonchev–Trinajstić information content (AvgIpc) is 2.42. The van der Waals surface area contributed by atoms with E-state index in [-0.39, 0.29) is 0 Å². The van der Waals surface area contributed by atoms with E-state index in [1.54, 1.807) is 0 Å². The number of hydrogen-bond donors (Lipinski definition) is 2. The van der Waals surface area contributed by atoms with E-state index in [1.807, 2.05) is 12.1 Å². The van der Waals surface area contributed by atoms with Crippen LogP contribution in [-0.4, -0.2) is 26.2 Å². The molecule has 1 fully saturated rings. The van der Waals surface area contributed by atoms with Gasteiger partial charge in [-0.1, -0.05) is 5.11 Å². The molecule has 0 amide bonds. The number of anilines is 1. The summed E-state index contributed by atoms with van der Waals surface area (Å²) in [5, 5.41) is 7.05. The number of hydrogen-bond acceptors (Lipinski definition) is 4. The van der Waals surface area contributed by atoms with Gasteiger partial charge in [-0.3, -0.25) is 0 Å². The molecule has 1 aliphatic rings. The molecule has 0 aromatic heterocycles. The maximum Gasteiger partial charge on any atom is 0.0404 e. The second-order valence-electron chi connectivity index (χ2n) is 4.33. The van der Waals surface area contributed by atoms with Gasteiger partial charge in [0.05, 0.1) is 0 Å². The van der Waals surface area contributed by atoms with E-state index < -0.39 is 0 Å². The molecule has 96 valence electrons. The van der Waals surface area contributed by atoms with Crippen LogP contribution in [-0.2, 0) is 5.75 Å². The van der Waals surface area contributed by atoms with Crippen LogP contribution in [0.25, 0.3) is 10.4 Å². The molecule has 6 heteroatoms. The highest BCUT2D eigenvalue weighted by atomic mass is 32.1. The van der Waals surface area contributed by atoms with E-state index >= 15 is 0 Å². The molecule has 0 saturated carbocycles. The maximum absolute atomic E-state index is 8.57. The number of azide groups is 1. The molecule has 1 aliphatic heterocycles. The van der Waals surface area contributed by atoms with Gasteiger partial charge in [-0.25, -0.2) is 0 Å². The molecule has 2 rings (SSSR count). The fourth-order valence-corrected chi connectivity index (χ4v) is 2.58. The van der Waals surface area contributed by atoms with Crippen molar-refractivity contribution in [2.75, 3.05) is 31.1 Å². The van der Waals surface area contributed by atoms with E-state index in [4.69, 9.17) is 5.53 Å². The van der Waals surface area contributed by atoms with Crippen molar-refractivity contribution in [3.63, 3.8) is 0 Å². The number of thiol groups is 1. The summed E-state index contributed by atoms with van der Waals surface area (Å²) in [4.78, 5) is 5.19. The number of benzene rings is 1. The van der Waals surface area contributed by atoms with Gasteiger partial charge >= 0.3 is 0 Å². The Morgan fingerprint density at radius 2 is 2.17 bits per heavy atom. The summed E-state index contributed by atoms with van der Waals surface area (Å²) in [5.41, 5.74) is 12.7. The Labute approximate surface area is 112 Å². The van der Waals surface area contributed by atoms with E-state index in [2.05, 4.69) is 39.8 Å². The second kappa shape index (κ2) is 6.00. The minimum absolute atomic E-state index is 0.652. The fraction of sp³-hybridized carbons (Fsp3) is 0.500. The Morgan fingerprint density at radius 3 is 2.78 bits per heavy atom. The molecule has 0 bridgehead atoms.